The third-order valence-corrected chi connectivity index (χ3v) is 4.17. The Hall–Kier alpha value is -0.150. The lowest BCUT2D eigenvalue weighted by Crippen LogP contribution is -1.96. The van der Waals surface area contributed by atoms with Gasteiger partial charge in [-0.1, -0.05) is 26.7 Å². The van der Waals surface area contributed by atoms with Crippen molar-refractivity contribution in [1.82, 2.24) is 10.2 Å². The number of nitrogens with zero attached hydrogens (tertiary/aromatic N) is 2. The van der Waals surface area contributed by atoms with Gasteiger partial charge in [-0.2, -0.15) is 0 Å². The SMILES string of the molecule is CCCCC(CC)c1nnc(CCCCl)s1. The predicted molar refractivity (Wildman–Crippen MR) is 71.5 cm³/mol. The van der Waals surface area contributed by atoms with Gasteiger partial charge in [0.2, 0.25) is 0 Å². The molecule has 1 atom stereocenters. The fourth-order valence-electron chi connectivity index (χ4n) is 1.70. The van der Waals surface area contributed by atoms with Gasteiger partial charge in [-0.15, -0.1) is 33.1 Å². The molecule has 0 bridgehead atoms. The fourth-order valence-corrected chi connectivity index (χ4v) is 2.94. The van der Waals surface area contributed by atoms with Crippen molar-refractivity contribution in [3.63, 3.8) is 0 Å². The van der Waals surface area contributed by atoms with Gasteiger partial charge in [0, 0.05) is 18.2 Å². The van der Waals surface area contributed by atoms with Crippen molar-refractivity contribution in [3.8, 4) is 0 Å². The minimum absolute atomic E-state index is 0.613. The Bertz CT molecular complexity index is 288. The quantitative estimate of drug-likeness (QED) is 0.648. The summed E-state index contributed by atoms with van der Waals surface area (Å²) in [5.74, 6) is 1.32. The van der Waals surface area contributed by atoms with Gasteiger partial charge < -0.3 is 0 Å². The van der Waals surface area contributed by atoms with Crippen LogP contribution in [0.5, 0.6) is 0 Å². The molecule has 0 saturated heterocycles. The lowest BCUT2D eigenvalue weighted by Gasteiger charge is -2.09. The van der Waals surface area contributed by atoms with E-state index in [9.17, 15) is 0 Å². The third kappa shape index (κ3) is 4.38. The second-order valence-electron chi connectivity index (χ2n) is 4.07. The third-order valence-electron chi connectivity index (χ3n) is 2.75. The molecule has 1 unspecified atom stereocenters. The number of halogens is 1. The van der Waals surface area contributed by atoms with Gasteiger partial charge in [-0.25, -0.2) is 0 Å². The van der Waals surface area contributed by atoms with Crippen LogP contribution in [0.2, 0.25) is 0 Å². The van der Waals surface area contributed by atoms with E-state index in [4.69, 9.17) is 11.6 Å². The zero-order chi connectivity index (χ0) is 11.8. The van der Waals surface area contributed by atoms with Gasteiger partial charge in [-0.05, 0) is 19.3 Å². The topological polar surface area (TPSA) is 25.8 Å². The largest absolute Gasteiger partial charge is 0.144 e. The molecular formula is C12H21ClN2S. The molecule has 0 N–H and O–H groups in total. The minimum atomic E-state index is 0.613. The van der Waals surface area contributed by atoms with Crippen LogP contribution >= 0.6 is 22.9 Å². The van der Waals surface area contributed by atoms with E-state index < -0.39 is 0 Å². The Morgan fingerprint density at radius 2 is 2.06 bits per heavy atom. The van der Waals surface area contributed by atoms with Crippen molar-refractivity contribution >= 4 is 22.9 Å². The monoisotopic (exact) mass is 260 g/mol. The summed E-state index contributed by atoms with van der Waals surface area (Å²) < 4.78 is 0. The Kier molecular flexibility index (Phi) is 6.97. The Balaban J connectivity index is 2.52. The molecule has 92 valence electrons. The summed E-state index contributed by atoms with van der Waals surface area (Å²) in [7, 11) is 0. The maximum Gasteiger partial charge on any atom is 0.120 e. The van der Waals surface area contributed by atoms with E-state index in [-0.39, 0.29) is 0 Å². The van der Waals surface area contributed by atoms with Crippen molar-refractivity contribution in [2.24, 2.45) is 0 Å². The summed E-state index contributed by atoms with van der Waals surface area (Å²) in [4.78, 5) is 0. The number of aryl methyl sites for hydroxylation is 1. The van der Waals surface area contributed by atoms with Crippen LogP contribution in [0.15, 0.2) is 0 Å². The summed E-state index contributed by atoms with van der Waals surface area (Å²) in [5, 5.41) is 10.9. The average molecular weight is 261 g/mol. The summed E-state index contributed by atoms with van der Waals surface area (Å²) in [6.07, 6.45) is 6.94. The van der Waals surface area contributed by atoms with E-state index in [1.54, 1.807) is 11.3 Å². The first-order chi connectivity index (χ1) is 7.81. The molecule has 1 aromatic rings. The van der Waals surface area contributed by atoms with Crippen LogP contribution in [-0.2, 0) is 6.42 Å². The second-order valence-corrected chi connectivity index (χ2v) is 5.55. The normalized spacial score (nSPS) is 12.9. The molecule has 4 heteroatoms. The van der Waals surface area contributed by atoms with Crippen LogP contribution in [0.1, 0.15) is 61.9 Å². The Labute approximate surface area is 107 Å². The number of hydrogen-bond acceptors (Lipinski definition) is 3. The average Bonchev–Trinajstić information content (AvgIpc) is 2.76. The molecule has 0 aliphatic carbocycles. The number of rotatable bonds is 8. The van der Waals surface area contributed by atoms with Crippen molar-refractivity contribution < 1.29 is 0 Å². The molecule has 0 spiro atoms. The van der Waals surface area contributed by atoms with Gasteiger partial charge in [0.1, 0.15) is 10.0 Å². The molecule has 0 fully saturated rings. The second kappa shape index (κ2) is 8.02. The number of hydrogen-bond donors (Lipinski definition) is 0. The molecule has 0 aliphatic heterocycles. The Morgan fingerprint density at radius 1 is 1.25 bits per heavy atom. The molecule has 16 heavy (non-hydrogen) atoms. The van der Waals surface area contributed by atoms with Crippen LogP contribution in [0.4, 0.5) is 0 Å². The molecule has 2 nitrogen and oxygen atoms in total. The predicted octanol–water partition coefficient (Wildman–Crippen LogP) is 4.39. The maximum atomic E-state index is 5.67. The van der Waals surface area contributed by atoms with Gasteiger partial charge in [-0.3, -0.25) is 0 Å². The van der Waals surface area contributed by atoms with Gasteiger partial charge in [0.15, 0.2) is 0 Å². The van der Waals surface area contributed by atoms with Crippen LogP contribution in [0.3, 0.4) is 0 Å². The molecule has 0 aliphatic rings. The van der Waals surface area contributed by atoms with Crippen molar-refractivity contribution in [3.05, 3.63) is 10.0 Å². The highest BCUT2D eigenvalue weighted by molar-refractivity contribution is 7.11. The van der Waals surface area contributed by atoms with Crippen LogP contribution in [0, 0.1) is 0 Å². The van der Waals surface area contributed by atoms with Crippen molar-refractivity contribution in [1.29, 1.82) is 0 Å². The smallest absolute Gasteiger partial charge is 0.120 e. The van der Waals surface area contributed by atoms with Gasteiger partial charge in [0.05, 0.1) is 0 Å². The molecule has 1 aromatic heterocycles. The fraction of sp³-hybridized carbons (Fsp3) is 0.833. The van der Waals surface area contributed by atoms with E-state index in [2.05, 4.69) is 24.0 Å². The lowest BCUT2D eigenvalue weighted by atomic mass is 10.0. The molecule has 1 rings (SSSR count). The zero-order valence-electron chi connectivity index (χ0n) is 10.2. The number of aromatic nitrogens is 2. The molecular weight excluding hydrogens is 240 g/mol. The number of alkyl halides is 1. The number of unbranched alkanes of at least 4 members (excludes halogenated alkanes) is 1. The summed E-state index contributed by atoms with van der Waals surface area (Å²) in [5.41, 5.74) is 0. The van der Waals surface area contributed by atoms with Crippen LogP contribution in [0.25, 0.3) is 0 Å². The zero-order valence-corrected chi connectivity index (χ0v) is 11.8. The van der Waals surface area contributed by atoms with Crippen molar-refractivity contribution in [2.45, 2.75) is 58.3 Å². The minimum Gasteiger partial charge on any atom is -0.144 e. The molecule has 0 radical (unpaired) electrons. The molecule has 0 saturated carbocycles. The highest BCUT2D eigenvalue weighted by atomic mass is 35.5. The van der Waals surface area contributed by atoms with E-state index in [1.807, 2.05) is 0 Å². The molecule has 1 heterocycles. The van der Waals surface area contributed by atoms with E-state index in [0.29, 0.717) is 11.8 Å². The van der Waals surface area contributed by atoms with Gasteiger partial charge >= 0.3 is 0 Å². The van der Waals surface area contributed by atoms with Crippen molar-refractivity contribution in [2.75, 3.05) is 5.88 Å². The molecule has 0 amide bonds. The standard InChI is InChI=1S/C12H21ClN2S/c1-3-5-7-10(4-2)12-15-14-11(16-12)8-6-9-13/h10H,3-9H2,1-2H3. The van der Waals surface area contributed by atoms with E-state index in [1.165, 1.54) is 30.7 Å². The summed E-state index contributed by atoms with van der Waals surface area (Å²) >= 11 is 7.45. The summed E-state index contributed by atoms with van der Waals surface area (Å²) in [6, 6.07) is 0. The summed E-state index contributed by atoms with van der Waals surface area (Å²) in [6.45, 7) is 4.47. The lowest BCUT2D eigenvalue weighted by molar-refractivity contribution is 0.563. The first kappa shape index (κ1) is 13.9. The van der Waals surface area contributed by atoms with Gasteiger partial charge in [0.25, 0.3) is 0 Å². The molecule has 0 aromatic carbocycles. The van der Waals surface area contributed by atoms with E-state index >= 15 is 0 Å². The van der Waals surface area contributed by atoms with Crippen LogP contribution < -0.4 is 0 Å². The first-order valence-electron chi connectivity index (χ1n) is 6.20. The Morgan fingerprint density at radius 3 is 2.69 bits per heavy atom. The highest BCUT2D eigenvalue weighted by Crippen LogP contribution is 2.28. The maximum absolute atomic E-state index is 5.67. The first-order valence-corrected chi connectivity index (χ1v) is 7.55. The highest BCUT2D eigenvalue weighted by Gasteiger charge is 2.14. The van der Waals surface area contributed by atoms with E-state index in [0.717, 1.165) is 17.8 Å². The van der Waals surface area contributed by atoms with Crippen LogP contribution in [-0.4, -0.2) is 16.1 Å².